The predicted molar refractivity (Wildman–Crippen MR) is 128 cm³/mol. The molecule has 0 aliphatic carbocycles. The lowest BCUT2D eigenvalue weighted by Gasteiger charge is -2.14. The summed E-state index contributed by atoms with van der Waals surface area (Å²) in [5, 5.41) is 8.31. The molecule has 0 spiro atoms. The van der Waals surface area contributed by atoms with Gasteiger partial charge in [0.25, 0.3) is 10.0 Å². The zero-order valence-electron chi connectivity index (χ0n) is 19.5. The molecule has 176 valence electrons. The van der Waals surface area contributed by atoms with Gasteiger partial charge >= 0.3 is 0 Å². The van der Waals surface area contributed by atoms with E-state index < -0.39 is 10.0 Å². The summed E-state index contributed by atoms with van der Waals surface area (Å²) in [5.41, 5.74) is 3.73. The molecule has 0 atom stereocenters. The Morgan fingerprint density at radius 1 is 0.882 bits per heavy atom. The molecule has 4 rings (SSSR count). The van der Waals surface area contributed by atoms with Gasteiger partial charge in [-0.1, -0.05) is 0 Å². The van der Waals surface area contributed by atoms with Crippen LogP contribution in [0.1, 0.15) is 22.5 Å². The van der Waals surface area contributed by atoms with Gasteiger partial charge in [-0.25, -0.2) is 13.4 Å². The summed E-state index contributed by atoms with van der Waals surface area (Å²) in [4.78, 5) is 4.46. The lowest BCUT2D eigenvalue weighted by atomic mass is 10.1. The van der Waals surface area contributed by atoms with E-state index in [9.17, 15) is 8.42 Å². The monoisotopic (exact) mass is 479 g/mol. The average Bonchev–Trinajstić information content (AvgIpc) is 3.15. The van der Waals surface area contributed by atoms with Crippen LogP contribution in [-0.4, -0.2) is 35.3 Å². The maximum absolute atomic E-state index is 12.9. The van der Waals surface area contributed by atoms with Crippen LogP contribution in [0.2, 0.25) is 0 Å². The molecule has 2 heterocycles. The molecule has 0 radical (unpaired) electrons. The number of ether oxygens (including phenoxy) is 2. The lowest BCUT2D eigenvalue weighted by molar-refractivity contribution is 0.410. The molecule has 1 N–H and O–H groups in total. The first-order valence-electron chi connectivity index (χ1n) is 10.5. The maximum Gasteiger partial charge on any atom is 0.262 e. The van der Waals surface area contributed by atoms with E-state index in [2.05, 4.69) is 19.9 Å². The molecule has 34 heavy (non-hydrogen) atoms. The van der Waals surface area contributed by atoms with Crippen LogP contribution < -0.4 is 14.2 Å². The number of sulfonamides is 1. The van der Waals surface area contributed by atoms with Gasteiger partial charge in [-0.05, 0) is 81.3 Å². The average molecular weight is 480 g/mol. The van der Waals surface area contributed by atoms with E-state index in [1.165, 1.54) is 6.07 Å². The van der Waals surface area contributed by atoms with Crippen molar-refractivity contribution in [3.05, 3.63) is 77.4 Å². The molecule has 0 aliphatic heterocycles. The number of methoxy groups -OCH3 is 1. The zero-order valence-corrected chi connectivity index (χ0v) is 20.3. The molecule has 0 amide bonds. The van der Waals surface area contributed by atoms with Crippen molar-refractivity contribution in [2.45, 2.75) is 32.6 Å². The van der Waals surface area contributed by atoms with E-state index in [-0.39, 0.29) is 4.90 Å². The topological polar surface area (TPSA) is 108 Å². The Hall–Kier alpha value is -3.92. The Kier molecular flexibility index (Phi) is 6.25. The highest BCUT2D eigenvalue weighted by Crippen LogP contribution is 2.29. The molecule has 0 saturated carbocycles. The Bertz CT molecular complexity index is 1430. The van der Waals surface area contributed by atoms with Gasteiger partial charge in [0, 0.05) is 17.4 Å². The minimum absolute atomic E-state index is 0.199. The van der Waals surface area contributed by atoms with Crippen molar-refractivity contribution in [1.82, 2.24) is 19.7 Å². The van der Waals surface area contributed by atoms with Crippen LogP contribution in [0.3, 0.4) is 0 Å². The quantitative estimate of drug-likeness (QED) is 0.416. The summed E-state index contributed by atoms with van der Waals surface area (Å²) in [6.45, 7) is 7.47. The minimum atomic E-state index is -3.77. The summed E-state index contributed by atoms with van der Waals surface area (Å²) in [6.07, 6.45) is 1.70. The van der Waals surface area contributed by atoms with Crippen LogP contribution in [0.15, 0.2) is 59.8 Å². The van der Waals surface area contributed by atoms with Gasteiger partial charge in [0.15, 0.2) is 5.82 Å². The van der Waals surface area contributed by atoms with Gasteiger partial charge in [-0.3, -0.25) is 9.29 Å². The number of nitrogens with zero attached hydrogens (tertiary/aromatic N) is 4. The minimum Gasteiger partial charge on any atom is -0.496 e. The highest BCUT2D eigenvalue weighted by molar-refractivity contribution is 7.92. The van der Waals surface area contributed by atoms with Gasteiger partial charge in [-0.2, -0.15) is 0 Å². The lowest BCUT2D eigenvalue weighted by Crippen LogP contribution is -2.15. The Morgan fingerprint density at radius 2 is 1.62 bits per heavy atom. The van der Waals surface area contributed by atoms with E-state index in [1.807, 2.05) is 25.3 Å². The van der Waals surface area contributed by atoms with Crippen molar-refractivity contribution in [2.24, 2.45) is 0 Å². The van der Waals surface area contributed by atoms with Crippen molar-refractivity contribution < 1.29 is 17.9 Å². The second-order valence-corrected chi connectivity index (χ2v) is 9.41. The summed E-state index contributed by atoms with van der Waals surface area (Å²) in [6, 6.07) is 13.2. The van der Waals surface area contributed by atoms with Gasteiger partial charge in [-0.15, -0.1) is 10.2 Å². The Balaban J connectivity index is 1.46. The van der Waals surface area contributed by atoms with E-state index >= 15 is 0 Å². The number of imidazole rings is 1. The zero-order chi connectivity index (χ0) is 24.5. The normalized spacial score (nSPS) is 11.3. The van der Waals surface area contributed by atoms with E-state index in [0.717, 1.165) is 17.0 Å². The summed E-state index contributed by atoms with van der Waals surface area (Å²) in [7, 11) is -2.22. The number of hydrogen-bond donors (Lipinski definition) is 1. The Labute approximate surface area is 198 Å². The molecule has 0 fully saturated rings. The number of rotatable bonds is 7. The molecule has 10 heteroatoms. The molecule has 0 unspecified atom stereocenters. The molecule has 4 aromatic rings. The number of hydrogen-bond acceptors (Lipinski definition) is 7. The van der Waals surface area contributed by atoms with Gasteiger partial charge < -0.3 is 9.47 Å². The maximum atomic E-state index is 12.9. The molecule has 0 saturated heterocycles. The fraction of sp³-hybridized carbons (Fsp3) is 0.208. The predicted octanol–water partition coefficient (Wildman–Crippen LogP) is 4.50. The molecule has 2 aromatic carbocycles. The summed E-state index contributed by atoms with van der Waals surface area (Å²) < 4.78 is 41.3. The van der Waals surface area contributed by atoms with E-state index in [1.54, 1.807) is 62.8 Å². The van der Waals surface area contributed by atoms with Crippen molar-refractivity contribution in [2.75, 3.05) is 11.8 Å². The van der Waals surface area contributed by atoms with Crippen molar-refractivity contribution >= 4 is 15.7 Å². The summed E-state index contributed by atoms with van der Waals surface area (Å²) >= 11 is 0. The second kappa shape index (κ2) is 9.14. The van der Waals surface area contributed by atoms with Crippen LogP contribution in [0.25, 0.3) is 5.82 Å². The number of anilines is 1. The van der Waals surface area contributed by atoms with Crippen LogP contribution in [0.5, 0.6) is 17.4 Å². The van der Waals surface area contributed by atoms with E-state index in [4.69, 9.17) is 9.47 Å². The fourth-order valence-corrected chi connectivity index (χ4v) is 4.79. The molecule has 9 nitrogen and oxygen atoms in total. The molecule has 0 bridgehead atoms. The molecule has 0 aliphatic rings. The highest BCUT2D eigenvalue weighted by atomic mass is 32.2. The fourth-order valence-electron chi connectivity index (χ4n) is 3.43. The number of aryl methyl sites for hydroxylation is 1. The van der Waals surface area contributed by atoms with E-state index in [0.29, 0.717) is 34.4 Å². The summed E-state index contributed by atoms with van der Waals surface area (Å²) in [5.74, 6) is 2.09. The molecule has 2 aromatic heterocycles. The van der Waals surface area contributed by atoms with Crippen molar-refractivity contribution in [3.63, 3.8) is 0 Å². The largest absolute Gasteiger partial charge is 0.496 e. The number of nitrogens with one attached hydrogen (secondary N) is 1. The highest BCUT2D eigenvalue weighted by Gasteiger charge is 2.20. The second-order valence-electron chi connectivity index (χ2n) is 7.76. The van der Waals surface area contributed by atoms with Gasteiger partial charge in [0.05, 0.1) is 17.7 Å². The number of aromatic nitrogens is 4. The standard InChI is InChI=1S/C24H25N5O4S/c1-15-16(2)22(11-10-21(15)32-5)34(30,31)28-19-6-8-20(9-7-19)33-24-13-12-23(26-27-24)29-14-25-17(3)18(29)4/h6-14,28H,1-5H3. The smallest absolute Gasteiger partial charge is 0.262 e. The van der Waals surface area contributed by atoms with Crippen molar-refractivity contribution in [3.8, 4) is 23.2 Å². The van der Waals surface area contributed by atoms with Crippen LogP contribution in [-0.2, 0) is 10.0 Å². The third kappa shape index (κ3) is 4.58. The molecular formula is C24H25N5O4S. The molecular weight excluding hydrogens is 454 g/mol. The third-order valence-electron chi connectivity index (χ3n) is 5.65. The van der Waals surface area contributed by atoms with Gasteiger partial charge in [0.2, 0.25) is 5.88 Å². The van der Waals surface area contributed by atoms with Crippen LogP contribution in [0.4, 0.5) is 5.69 Å². The van der Waals surface area contributed by atoms with Crippen LogP contribution >= 0.6 is 0 Å². The van der Waals surface area contributed by atoms with Gasteiger partial charge in [0.1, 0.15) is 17.8 Å². The first-order chi connectivity index (χ1) is 16.2. The first kappa shape index (κ1) is 23.2. The van der Waals surface area contributed by atoms with Crippen molar-refractivity contribution in [1.29, 1.82) is 0 Å². The number of benzene rings is 2. The van der Waals surface area contributed by atoms with Crippen LogP contribution in [0, 0.1) is 27.7 Å². The first-order valence-corrected chi connectivity index (χ1v) is 12.0. The SMILES string of the molecule is COc1ccc(S(=O)(=O)Nc2ccc(Oc3ccc(-n4cnc(C)c4C)nn3)cc2)c(C)c1C. The third-order valence-corrected chi connectivity index (χ3v) is 7.18. The Morgan fingerprint density at radius 3 is 2.21 bits per heavy atom.